The van der Waals surface area contributed by atoms with Crippen LogP contribution in [-0.4, -0.2) is 35.8 Å². The number of para-hydroxylation sites is 1. The molecule has 0 saturated carbocycles. The number of fused-ring (bicyclic) bond motifs is 1. The van der Waals surface area contributed by atoms with E-state index in [1.807, 2.05) is 18.2 Å². The lowest BCUT2D eigenvalue weighted by Crippen LogP contribution is -2.32. The van der Waals surface area contributed by atoms with E-state index in [2.05, 4.69) is 16.0 Å². The van der Waals surface area contributed by atoms with Crippen LogP contribution in [0.2, 0.25) is 0 Å². The summed E-state index contributed by atoms with van der Waals surface area (Å²) in [5.41, 5.74) is 1.02. The maximum atomic E-state index is 12.8. The molecule has 3 aromatic rings. The Balaban J connectivity index is 1.43. The van der Waals surface area contributed by atoms with E-state index in [1.165, 1.54) is 10.9 Å². The summed E-state index contributed by atoms with van der Waals surface area (Å²) in [6.07, 6.45) is 5.56. The first-order chi connectivity index (χ1) is 13.1. The summed E-state index contributed by atoms with van der Waals surface area (Å²) < 4.78 is 28.4. The minimum Gasteiger partial charge on any atom is -0.249 e. The molecule has 3 heterocycles. The van der Waals surface area contributed by atoms with Crippen molar-refractivity contribution in [2.75, 3.05) is 13.1 Å². The van der Waals surface area contributed by atoms with Gasteiger partial charge in [0.25, 0.3) is 0 Å². The fraction of sp³-hybridized carbons (Fsp3) is 0.368. The maximum Gasteiger partial charge on any atom is 0.244 e. The summed E-state index contributed by atoms with van der Waals surface area (Å²) in [4.78, 5) is 9.27. The Morgan fingerprint density at radius 2 is 1.81 bits per heavy atom. The number of aromatic nitrogens is 2. The predicted molar refractivity (Wildman–Crippen MR) is 111 cm³/mol. The van der Waals surface area contributed by atoms with E-state index in [0.29, 0.717) is 13.1 Å². The number of benzene rings is 1. The smallest absolute Gasteiger partial charge is 0.244 e. The number of hydrogen-bond acceptors (Lipinski definition) is 6. The molecule has 27 heavy (non-hydrogen) atoms. The van der Waals surface area contributed by atoms with E-state index < -0.39 is 10.0 Å². The molecule has 1 fully saturated rings. The van der Waals surface area contributed by atoms with Crippen molar-refractivity contribution in [3.8, 4) is 0 Å². The SMILES string of the molecule is O=S(=O)(c1ccc(SCc2nc3ccccc3s2)nc1)N1CCCCCC1. The topological polar surface area (TPSA) is 63.2 Å². The predicted octanol–water partition coefficient (Wildman–Crippen LogP) is 4.55. The van der Waals surface area contributed by atoms with Crippen LogP contribution in [0.3, 0.4) is 0 Å². The van der Waals surface area contributed by atoms with Gasteiger partial charge < -0.3 is 0 Å². The number of sulfonamides is 1. The standard InChI is InChI=1S/C19H21N3O2S3/c23-27(24,22-11-5-1-2-6-12-22)15-9-10-18(20-13-15)25-14-19-21-16-7-3-4-8-17(16)26-19/h3-4,7-10,13H,1-2,5-6,11-12,14H2. The number of pyridine rings is 1. The molecule has 0 spiro atoms. The van der Waals surface area contributed by atoms with Crippen molar-refractivity contribution in [2.45, 2.75) is 41.4 Å². The zero-order chi connectivity index (χ0) is 18.7. The lowest BCUT2D eigenvalue weighted by atomic mass is 10.2. The number of thioether (sulfide) groups is 1. The molecule has 0 aliphatic carbocycles. The lowest BCUT2D eigenvalue weighted by molar-refractivity contribution is 0.423. The van der Waals surface area contributed by atoms with Gasteiger partial charge in [0.2, 0.25) is 10.0 Å². The molecule has 2 aromatic heterocycles. The molecule has 1 aliphatic heterocycles. The number of hydrogen-bond donors (Lipinski definition) is 0. The van der Waals surface area contributed by atoms with E-state index in [4.69, 9.17) is 0 Å². The zero-order valence-electron chi connectivity index (χ0n) is 14.9. The first-order valence-corrected chi connectivity index (χ1v) is 12.3. The summed E-state index contributed by atoms with van der Waals surface area (Å²) in [6.45, 7) is 1.22. The number of nitrogens with zero attached hydrogens (tertiary/aromatic N) is 3. The van der Waals surface area contributed by atoms with Gasteiger partial charge in [-0.15, -0.1) is 11.3 Å². The van der Waals surface area contributed by atoms with E-state index in [0.717, 1.165) is 47.0 Å². The van der Waals surface area contributed by atoms with Gasteiger partial charge in [0.05, 0.1) is 21.0 Å². The van der Waals surface area contributed by atoms with Crippen LogP contribution < -0.4 is 0 Å². The lowest BCUT2D eigenvalue weighted by Gasteiger charge is -2.19. The molecule has 0 bridgehead atoms. The molecule has 0 amide bonds. The van der Waals surface area contributed by atoms with Crippen molar-refractivity contribution in [1.29, 1.82) is 0 Å². The summed E-state index contributed by atoms with van der Waals surface area (Å²) in [6, 6.07) is 11.6. The minimum absolute atomic E-state index is 0.286. The Kier molecular flexibility index (Phi) is 5.77. The highest BCUT2D eigenvalue weighted by Gasteiger charge is 2.25. The Bertz CT molecular complexity index is 975. The summed E-state index contributed by atoms with van der Waals surface area (Å²) >= 11 is 3.26. The molecule has 142 valence electrons. The highest BCUT2D eigenvalue weighted by molar-refractivity contribution is 7.98. The quantitative estimate of drug-likeness (QED) is 0.568. The van der Waals surface area contributed by atoms with Gasteiger partial charge in [-0.25, -0.2) is 18.4 Å². The number of rotatable bonds is 5. The molecule has 1 saturated heterocycles. The van der Waals surface area contributed by atoms with Crippen LogP contribution in [-0.2, 0) is 15.8 Å². The van der Waals surface area contributed by atoms with Crippen molar-refractivity contribution in [3.05, 3.63) is 47.6 Å². The molecule has 5 nitrogen and oxygen atoms in total. The third-order valence-electron chi connectivity index (χ3n) is 4.59. The summed E-state index contributed by atoms with van der Waals surface area (Å²) in [7, 11) is -3.44. The van der Waals surface area contributed by atoms with Crippen LogP contribution in [0.25, 0.3) is 10.2 Å². The van der Waals surface area contributed by atoms with Crippen LogP contribution in [0, 0.1) is 0 Å². The average Bonchev–Trinajstić information content (AvgIpc) is 2.89. The Morgan fingerprint density at radius 1 is 1.04 bits per heavy atom. The van der Waals surface area contributed by atoms with Gasteiger partial charge in [-0.3, -0.25) is 0 Å². The van der Waals surface area contributed by atoms with Crippen LogP contribution in [0.4, 0.5) is 0 Å². The van der Waals surface area contributed by atoms with Crippen LogP contribution in [0.5, 0.6) is 0 Å². The van der Waals surface area contributed by atoms with Gasteiger partial charge in [0.15, 0.2) is 0 Å². The van der Waals surface area contributed by atoms with Crippen molar-refractivity contribution >= 4 is 43.3 Å². The van der Waals surface area contributed by atoms with Crippen LogP contribution >= 0.6 is 23.1 Å². The zero-order valence-corrected chi connectivity index (χ0v) is 17.3. The molecule has 8 heteroatoms. The molecular weight excluding hydrogens is 398 g/mol. The summed E-state index contributed by atoms with van der Waals surface area (Å²) in [5, 5.41) is 1.85. The van der Waals surface area contributed by atoms with E-state index >= 15 is 0 Å². The van der Waals surface area contributed by atoms with Crippen molar-refractivity contribution in [3.63, 3.8) is 0 Å². The van der Waals surface area contributed by atoms with Crippen LogP contribution in [0.1, 0.15) is 30.7 Å². The second kappa shape index (κ2) is 8.26. The highest BCUT2D eigenvalue weighted by Crippen LogP contribution is 2.28. The first-order valence-electron chi connectivity index (χ1n) is 9.06. The van der Waals surface area contributed by atoms with E-state index in [9.17, 15) is 8.42 Å². The normalized spacial score (nSPS) is 16.4. The number of thiazole rings is 1. The minimum atomic E-state index is -3.44. The second-order valence-electron chi connectivity index (χ2n) is 6.51. The molecule has 0 unspecified atom stereocenters. The fourth-order valence-electron chi connectivity index (χ4n) is 3.15. The van der Waals surface area contributed by atoms with Gasteiger partial charge in [-0.05, 0) is 37.1 Å². The molecule has 1 aliphatic rings. The third kappa shape index (κ3) is 4.34. The molecule has 0 radical (unpaired) electrons. The highest BCUT2D eigenvalue weighted by atomic mass is 32.2. The Labute approximate surface area is 167 Å². The monoisotopic (exact) mass is 419 g/mol. The largest absolute Gasteiger partial charge is 0.249 e. The maximum absolute atomic E-state index is 12.8. The van der Waals surface area contributed by atoms with Crippen LogP contribution in [0.15, 0.2) is 52.5 Å². The van der Waals surface area contributed by atoms with E-state index in [-0.39, 0.29) is 4.90 Å². The van der Waals surface area contributed by atoms with Gasteiger partial charge in [0, 0.05) is 19.3 Å². The fourth-order valence-corrected chi connectivity index (χ4v) is 6.42. The van der Waals surface area contributed by atoms with Crippen molar-refractivity contribution in [1.82, 2.24) is 14.3 Å². The molecule has 0 atom stereocenters. The Hall–Kier alpha value is -1.48. The van der Waals surface area contributed by atoms with Crippen molar-refractivity contribution < 1.29 is 8.42 Å². The summed E-state index contributed by atoms with van der Waals surface area (Å²) in [5.74, 6) is 0.727. The molecule has 1 aromatic carbocycles. The van der Waals surface area contributed by atoms with E-state index in [1.54, 1.807) is 39.5 Å². The van der Waals surface area contributed by atoms with Gasteiger partial charge in [0.1, 0.15) is 9.90 Å². The third-order valence-corrected chi connectivity index (χ3v) is 8.65. The molecule has 4 rings (SSSR count). The molecular formula is C19H21N3O2S3. The van der Waals surface area contributed by atoms with Crippen molar-refractivity contribution in [2.24, 2.45) is 0 Å². The first kappa shape index (κ1) is 18.9. The Morgan fingerprint density at radius 3 is 2.52 bits per heavy atom. The van der Waals surface area contributed by atoms with Gasteiger partial charge >= 0.3 is 0 Å². The average molecular weight is 420 g/mol. The van der Waals surface area contributed by atoms with Gasteiger partial charge in [-0.2, -0.15) is 4.31 Å². The van der Waals surface area contributed by atoms with Gasteiger partial charge in [-0.1, -0.05) is 36.7 Å². The second-order valence-corrected chi connectivity index (χ2v) is 10.6. The molecule has 0 N–H and O–H groups in total.